The molecule has 11 heteroatoms. The van der Waals surface area contributed by atoms with Crippen molar-refractivity contribution in [2.75, 3.05) is 11.9 Å². The number of benzene rings is 2. The molecule has 2 amide bonds. The molecule has 4 aromatic rings. The van der Waals surface area contributed by atoms with Gasteiger partial charge in [-0.25, -0.2) is 9.78 Å². The molecule has 1 aliphatic rings. The quantitative estimate of drug-likeness (QED) is 0.331. The number of hydrogen-bond donors (Lipinski definition) is 3. The van der Waals surface area contributed by atoms with Crippen LogP contribution in [0.2, 0.25) is 0 Å². The van der Waals surface area contributed by atoms with E-state index < -0.39 is 11.0 Å². The standard InChI is InChI=1S/C20H16N6O5/c27-20(21-10-19-22-14-3-2-13(26(28)29)8-15(14)23-19)24-18-9-17(31-25-18)11-1-4-16-12(7-11)5-6-30-16/h1-4,7-9H,5-6,10H2,(H,22,23)(H2,21,24,25,27). The number of amides is 2. The number of urea groups is 1. The Labute approximate surface area is 174 Å². The van der Waals surface area contributed by atoms with Gasteiger partial charge in [-0.1, -0.05) is 5.16 Å². The second kappa shape index (κ2) is 7.44. The lowest BCUT2D eigenvalue weighted by atomic mass is 10.1. The van der Waals surface area contributed by atoms with Crippen molar-refractivity contribution in [2.45, 2.75) is 13.0 Å². The Morgan fingerprint density at radius 2 is 2.13 bits per heavy atom. The van der Waals surface area contributed by atoms with E-state index in [1.807, 2.05) is 18.2 Å². The van der Waals surface area contributed by atoms with E-state index in [0.717, 1.165) is 23.3 Å². The number of nitro benzene ring substituents is 1. The van der Waals surface area contributed by atoms with Crippen molar-refractivity contribution >= 4 is 28.6 Å². The van der Waals surface area contributed by atoms with Crippen LogP contribution in [0.15, 0.2) is 47.0 Å². The maximum atomic E-state index is 12.2. The van der Waals surface area contributed by atoms with E-state index in [0.29, 0.717) is 29.2 Å². The van der Waals surface area contributed by atoms with Gasteiger partial charge in [-0.2, -0.15) is 0 Å². The maximum absolute atomic E-state index is 12.2. The molecule has 0 bridgehead atoms. The number of non-ortho nitro benzene ring substituents is 1. The van der Waals surface area contributed by atoms with Crippen LogP contribution in [0, 0.1) is 10.1 Å². The molecule has 156 valence electrons. The summed E-state index contributed by atoms with van der Waals surface area (Å²) in [6, 6.07) is 11.2. The molecule has 0 spiro atoms. The number of imidazole rings is 1. The first-order valence-electron chi connectivity index (χ1n) is 9.46. The van der Waals surface area contributed by atoms with Crippen LogP contribution >= 0.6 is 0 Å². The average molecular weight is 420 g/mol. The van der Waals surface area contributed by atoms with Gasteiger partial charge in [0, 0.05) is 30.2 Å². The SMILES string of the molecule is O=C(NCc1nc2ccc([N+](=O)[O-])cc2[nH]1)Nc1cc(-c2ccc3c(c2)CCO3)on1. The van der Waals surface area contributed by atoms with E-state index in [9.17, 15) is 14.9 Å². The third-order valence-electron chi connectivity index (χ3n) is 4.87. The van der Waals surface area contributed by atoms with E-state index in [-0.39, 0.29) is 18.1 Å². The molecule has 0 radical (unpaired) electrons. The summed E-state index contributed by atoms with van der Waals surface area (Å²) in [5.74, 6) is 2.14. The third-order valence-corrected chi connectivity index (χ3v) is 4.87. The molecule has 0 unspecified atom stereocenters. The first-order chi connectivity index (χ1) is 15.0. The Morgan fingerprint density at radius 1 is 1.23 bits per heavy atom. The summed E-state index contributed by atoms with van der Waals surface area (Å²) >= 11 is 0. The number of aromatic nitrogens is 3. The molecule has 0 atom stereocenters. The minimum Gasteiger partial charge on any atom is -0.493 e. The van der Waals surface area contributed by atoms with Crippen molar-refractivity contribution in [2.24, 2.45) is 0 Å². The number of anilines is 1. The molecule has 0 saturated heterocycles. The molecule has 3 N–H and O–H groups in total. The Kier molecular flexibility index (Phi) is 4.47. The minimum atomic E-state index is -0.492. The molecule has 31 heavy (non-hydrogen) atoms. The van der Waals surface area contributed by atoms with E-state index in [1.165, 1.54) is 12.1 Å². The summed E-state index contributed by atoms with van der Waals surface area (Å²) in [5, 5.41) is 20.0. The Hall–Kier alpha value is -4.41. The first kappa shape index (κ1) is 18.6. The molecule has 3 heterocycles. The smallest absolute Gasteiger partial charge is 0.320 e. The van der Waals surface area contributed by atoms with E-state index in [4.69, 9.17) is 9.26 Å². The fourth-order valence-electron chi connectivity index (χ4n) is 3.38. The zero-order valence-corrected chi connectivity index (χ0v) is 16.0. The number of carbonyl (C=O) groups excluding carboxylic acids is 1. The van der Waals surface area contributed by atoms with Crippen molar-refractivity contribution in [1.29, 1.82) is 0 Å². The molecule has 11 nitrogen and oxygen atoms in total. The lowest BCUT2D eigenvalue weighted by Crippen LogP contribution is -2.28. The monoisotopic (exact) mass is 420 g/mol. The second-order valence-electron chi connectivity index (χ2n) is 6.95. The summed E-state index contributed by atoms with van der Waals surface area (Å²) in [6.45, 7) is 0.772. The van der Waals surface area contributed by atoms with Crippen LogP contribution in [0.1, 0.15) is 11.4 Å². The van der Waals surface area contributed by atoms with Crippen LogP contribution < -0.4 is 15.4 Å². The number of H-pyrrole nitrogens is 1. The summed E-state index contributed by atoms with van der Waals surface area (Å²) in [6.07, 6.45) is 0.847. The number of nitrogens with zero attached hydrogens (tertiary/aromatic N) is 3. The van der Waals surface area contributed by atoms with E-state index >= 15 is 0 Å². The summed E-state index contributed by atoms with van der Waals surface area (Å²) < 4.78 is 10.8. The fourth-order valence-corrected chi connectivity index (χ4v) is 3.38. The number of nitro groups is 1. The second-order valence-corrected chi connectivity index (χ2v) is 6.95. The molecule has 2 aromatic carbocycles. The number of hydrogen-bond acceptors (Lipinski definition) is 7. The number of rotatable bonds is 5. The molecule has 0 saturated carbocycles. The van der Waals surface area contributed by atoms with Gasteiger partial charge in [0.1, 0.15) is 11.6 Å². The lowest BCUT2D eigenvalue weighted by Gasteiger charge is -2.02. The predicted octanol–water partition coefficient (Wildman–Crippen LogP) is 3.38. The van der Waals surface area contributed by atoms with Gasteiger partial charge in [0.05, 0.1) is 29.1 Å². The van der Waals surface area contributed by atoms with Crippen molar-refractivity contribution in [3.05, 3.63) is 64.0 Å². The maximum Gasteiger partial charge on any atom is 0.320 e. The topological polar surface area (TPSA) is 148 Å². The van der Waals surface area contributed by atoms with Crippen molar-refractivity contribution in [3.63, 3.8) is 0 Å². The Morgan fingerprint density at radius 3 is 3.00 bits per heavy atom. The van der Waals surface area contributed by atoms with Crippen LogP contribution in [0.5, 0.6) is 5.75 Å². The van der Waals surface area contributed by atoms with Crippen molar-refractivity contribution < 1.29 is 19.0 Å². The van der Waals surface area contributed by atoms with Crippen LogP contribution in [-0.2, 0) is 13.0 Å². The fraction of sp³-hybridized carbons (Fsp3) is 0.150. The molecule has 0 fully saturated rings. The molecular weight excluding hydrogens is 404 g/mol. The number of ether oxygens (including phenoxy) is 1. The van der Waals surface area contributed by atoms with Gasteiger partial charge >= 0.3 is 6.03 Å². The van der Waals surface area contributed by atoms with Crippen LogP contribution in [0.3, 0.4) is 0 Å². The first-order valence-corrected chi connectivity index (χ1v) is 9.46. The molecular formula is C20H16N6O5. The molecule has 1 aliphatic heterocycles. The van der Waals surface area contributed by atoms with Crippen molar-refractivity contribution in [1.82, 2.24) is 20.4 Å². The van der Waals surface area contributed by atoms with E-state index in [2.05, 4.69) is 25.8 Å². The predicted molar refractivity (Wildman–Crippen MR) is 110 cm³/mol. The zero-order chi connectivity index (χ0) is 21.4. The van der Waals surface area contributed by atoms with Crippen LogP contribution in [0.25, 0.3) is 22.4 Å². The number of nitrogens with one attached hydrogen (secondary N) is 3. The minimum absolute atomic E-state index is 0.0360. The highest BCUT2D eigenvalue weighted by molar-refractivity contribution is 5.88. The van der Waals surface area contributed by atoms with Gasteiger partial charge in [0.2, 0.25) is 0 Å². The van der Waals surface area contributed by atoms with Gasteiger partial charge < -0.3 is 19.6 Å². The highest BCUT2D eigenvalue weighted by Gasteiger charge is 2.16. The van der Waals surface area contributed by atoms with Gasteiger partial charge in [-0.05, 0) is 29.8 Å². The largest absolute Gasteiger partial charge is 0.493 e. The number of carbonyl (C=O) groups is 1. The third kappa shape index (κ3) is 3.75. The number of aromatic amines is 1. The van der Waals surface area contributed by atoms with E-state index in [1.54, 1.807) is 12.1 Å². The lowest BCUT2D eigenvalue weighted by molar-refractivity contribution is -0.384. The zero-order valence-electron chi connectivity index (χ0n) is 16.0. The van der Waals surface area contributed by atoms with Crippen LogP contribution in [0.4, 0.5) is 16.3 Å². The average Bonchev–Trinajstić information content (AvgIpc) is 3.49. The summed E-state index contributed by atoms with van der Waals surface area (Å²) in [4.78, 5) is 29.8. The van der Waals surface area contributed by atoms with Crippen molar-refractivity contribution in [3.8, 4) is 17.1 Å². The highest BCUT2D eigenvalue weighted by Crippen LogP contribution is 2.31. The Balaban J connectivity index is 1.21. The molecule has 5 rings (SSSR count). The Bertz CT molecular complexity index is 1310. The van der Waals surface area contributed by atoms with Gasteiger partial charge in [-0.15, -0.1) is 0 Å². The highest BCUT2D eigenvalue weighted by atomic mass is 16.6. The van der Waals surface area contributed by atoms with Crippen LogP contribution in [-0.4, -0.2) is 32.7 Å². The van der Waals surface area contributed by atoms with Gasteiger partial charge in [-0.3, -0.25) is 15.4 Å². The number of fused-ring (bicyclic) bond motifs is 2. The normalized spacial score (nSPS) is 12.4. The molecule has 0 aliphatic carbocycles. The summed E-state index contributed by atoms with van der Waals surface area (Å²) in [7, 11) is 0. The summed E-state index contributed by atoms with van der Waals surface area (Å²) in [5.41, 5.74) is 3.01. The molecule has 2 aromatic heterocycles. The van der Waals surface area contributed by atoms with Gasteiger partial charge in [0.15, 0.2) is 11.6 Å². The van der Waals surface area contributed by atoms with Gasteiger partial charge in [0.25, 0.3) is 5.69 Å².